The first kappa shape index (κ1) is 12.9. The lowest BCUT2D eigenvalue weighted by Gasteiger charge is -2.10. The molecule has 98 valence electrons. The molecule has 0 radical (unpaired) electrons. The van der Waals surface area contributed by atoms with Crippen molar-refractivity contribution in [1.82, 2.24) is 4.98 Å². The van der Waals surface area contributed by atoms with Crippen LogP contribution in [-0.2, 0) is 6.54 Å². The summed E-state index contributed by atoms with van der Waals surface area (Å²) in [5.41, 5.74) is 8.45. The lowest BCUT2D eigenvalue weighted by molar-refractivity contribution is 0.0690. The fourth-order valence-corrected chi connectivity index (χ4v) is 1.72. The number of anilines is 2. The number of hydrogen-bond donors (Lipinski definition) is 3. The van der Waals surface area contributed by atoms with Crippen LogP contribution >= 0.6 is 0 Å². The second-order valence-corrected chi connectivity index (χ2v) is 4.22. The minimum absolute atomic E-state index is 0.0264. The van der Waals surface area contributed by atoms with E-state index in [9.17, 15) is 4.79 Å². The van der Waals surface area contributed by atoms with Crippen molar-refractivity contribution in [1.29, 1.82) is 0 Å². The van der Waals surface area contributed by atoms with E-state index in [4.69, 9.17) is 10.8 Å². The van der Waals surface area contributed by atoms with Gasteiger partial charge in [-0.1, -0.05) is 24.3 Å². The van der Waals surface area contributed by atoms with Gasteiger partial charge in [0.05, 0.1) is 5.69 Å². The van der Waals surface area contributed by atoms with Gasteiger partial charge in [-0.05, 0) is 30.2 Å². The van der Waals surface area contributed by atoms with Crippen LogP contribution in [0.2, 0.25) is 0 Å². The zero-order valence-corrected chi connectivity index (χ0v) is 10.6. The molecular weight excluding hydrogens is 242 g/mol. The minimum atomic E-state index is -1.07. The van der Waals surface area contributed by atoms with E-state index in [2.05, 4.69) is 10.3 Å². The van der Waals surface area contributed by atoms with E-state index in [-0.39, 0.29) is 5.69 Å². The fraction of sp³-hybridized carbons (Fsp3) is 0.143. The number of nitrogens with one attached hydrogen (secondary N) is 1. The minimum Gasteiger partial charge on any atom is -0.477 e. The van der Waals surface area contributed by atoms with Crippen LogP contribution < -0.4 is 11.1 Å². The van der Waals surface area contributed by atoms with Crippen molar-refractivity contribution in [3.05, 3.63) is 53.2 Å². The molecule has 0 aliphatic carbocycles. The Morgan fingerprint density at radius 1 is 1.32 bits per heavy atom. The zero-order chi connectivity index (χ0) is 13.8. The molecule has 2 aromatic rings. The molecule has 4 N–H and O–H groups in total. The summed E-state index contributed by atoms with van der Waals surface area (Å²) in [7, 11) is 0. The molecule has 0 amide bonds. The summed E-state index contributed by atoms with van der Waals surface area (Å²) in [5.74, 6) is -0.679. The summed E-state index contributed by atoms with van der Waals surface area (Å²) in [5, 5.41) is 12.0. The maximum Gasteiger partial charge on any atom is 0.354 e. The Hall–Kier alpha value is -2.56. The summed E-state index contributed by atoms with van der Waals surface area (Å²) in [6.45, 7) is 2.56. The van der Waals surface area contributed by atoms with Crippen LogP contribution in [0, 0.1) is 6.92 Å². The molecule has 0 bridgehead atoms. The number of benzene rings is 1. The molecule has 0 saturated carbocycles. The van der Waals surface area contributed by atoms with Crippen molar-refractivity contribution in [3.8, 4) is 0 Å². The van der Waals surface area contributed by atoms with Gasteiger partial charge in [-0.25, -0.2) is 9.78 Å². The van der Waals surface area contributed by atoms with Crippen LogP contribution in [0.15, 0.2) is 36.4 Å². The first-order valence-electron chi connectivity index (χ1n) is 5.86. The van der Waals surface area contributed by atoms with Gasteiger partial charge in [0.15, 0.2) is 5.69 Å². The molecule has 1 aromatic carbocycles. The van der Waals surface area contributed by atoms with Crippen molar-refractivity contribution in [2.45, 2.75) is 13.5 Å². The highest BCUT2D eigenvalue weighted by Crippen LogP contribution is 2.17. The van der Waals surface area contributed by atoms with Gasteiger partial charge in [-0.15, -0.1) is 0 Å². The normalized spacial score (nSPS) is 10.2. The summed E-state index contributed by atoms with van der Waals surface area (Å²) in [4.78, 5) is 14.8. The topological polar surface area (TPSA) is 88.2 Å². The second kappa shape index (κ2) is 5.39. The molecule has 0 fully saturated rings. The SMILES string of the molecule is Cc1ccccc1CNc1nc(C(=O)O)ccc1N. The van der Waals surface area contributed by atoms with Crippen molar-refractivity contribution in [2.24, 2.45) is 0 Å². The standard InChI is InChI=1S/C14H15N3O2/c1-9-4-2-3-5-10(9)8-16-13-11(15)6-7-12(17-13)14(18)19/h2-7H,8,15H2,1H3,(H,16,17)(H,18,19). The number of aromatic nitrogens is 1. The van der Waals surface area contributed by atoms with Crippen LogP contribution in [0.3, 0.4) is 0 Å². The molecule has 0 aliphatic heterocycles. The van der Waals surface area contributed by atoms with Gasteiger partial charge >= 0.3 is 5.97 Å². The maximum atomic E-state index is 10.9. The van der Waals surface area contributed by atoms with E-state index < -0.39 is 5.97 Å². The summed E-state index contributed by atoms with van der Waals surface area (Å²) in [6, 6.07) is 10.9. The number of carboxylic acids is 1. The number of nitrogens with two attached hydrogens (primary N) is 1. The van der Waals surface area contributed by atoms with E-state index in [1.807, 2.05) is 31.2 Å². The summed E-state index contributed by atoms with van der Waals surface area (Å²) >= 11 is 0. The highest BCUT2D eigenvalue weighted by molar-refractivity contribution is 5.86. The number of aryl methyl sites for hydroxylation is 1. The first-order valence-corrected chi connectivity index (χ1v) is 5.86. The number of carbonyl (C=O) groups is 1. The lowest BCUT2D eigenvalue weighted by atomic mass is 10.1. The molecule has 0 atom stereocenters. The molecule has 5 nitrogen and oxygen atoms in total. The van der Waals surface area contributed by atoms with Crippen LogP contribution in [0.5, 0.6) is 0 Å². The third-order valence-electron chi connectivity index (χ3n) is 2.85. The van der Waals surface area contributed by atoms with E-state index in [0.29, 0.717) is 18.1 Å². The average Bonchev–Trinajstić information content (AvgIpc) is 2.39. The number of pyridine rings is 1. The summed E-state index contributed by atoms with van der Waals surface area (Å²) < 4.78 is 0. The largest absolute Gasteiger partial charge is 0.477 e. The Kier molecular flexibility index (Phi) is 3.66. The molecule has 19 heavy (non-hydrogen) atoms. The highest BCUT2D eigenvalue weighted by Gasteiger charge is 2.08. The average molecular weight is 257 g/mol. The number of nitrogen functional groups attached to an aromatic ring is 1. The van der Waals surface area contributed by atoms with Gasteiger partial charge in [-0.3, -0.25) is 0 Å². The molecule has 0 saturated heterocycles. The van der Waals surface area contributed by atoms with E-state index >= 15 is 0 Å². The molecule has 0 unspecified atom stereocenters. The van der Waals surface area contributed by atoms with Crippen molar-refractivity contribution < 1.29 is 9.90 Å². The third kappa shape index (κ3) is 3.01. The fourth-order valence-electron chi connectivity index (χ4n) is 1.72. The van der Waals surface area contributed by atoms with Crippen LogP contribution in [0.4, 0.5) is 11.5 Å². The van der Waals surface area contributed by atoms with Gasteiger partial charge in [0.25, 0.3) is 0 Å². The molecule has 0 aliphatic rings. The molecular formula is C14H15N3O2. The van der Waals surface area contributed by atoms with Crippen LogP contribution in [0.25, 0.3) is 0 Å². The molecule has 1 aromatic heterocycles. The number of carboxylic acid groups (broad SMARTS) is 1. The molecule has 5 heteroatoms. The monoisotopic (exact) mass is 257 g/mol. The van der Waals surface area contributed by atoms with Crippen molar-refractivity contribution >= 4 is 17.5 Å². The predicted molar refractivity (Wildman–Crippen MR) is 74.1 cm³/mol. The highest BCUT2D eigenvalue weighted by atomic mass is 16.4. The zero-order valence-electron chi connectivity index (χ0n) is 10.6. The maximum absolute atomic E-state index is 10.9. The first-order chi connectivity index (χ1) is 9.08. The van der Waals surface area contributed by atoms with Gasteiger partial charge < -0.3 is 16.2 Å². The third-order valence-corrected chi connectivity index (χ3v) is 2.85. The Morgan fingerprint density at radius 2 is 2.05 bits per heavy atom. The smallest absolute Gasteiger partial charge is 0.354 e. The molecule has 0 spiro atoms. The van der Waals surface area contributed by atoms with E-state index in [1.165, 1.54) is 12.1 Å². The number of aromatic carboxylic acids is 1. The van der Waals surface area contributed by atoms with Crippen molar-refractivity contribution in [2.75, 3.05) is 11.1 Å². The Balaban J connectivity index is 2.17. The Labute approximate surface area is 111 Å². The molecule has 1 heterocycles. The van der Waals surface area contributed by atoms with Gasteiger partial charge in [-0.2, -0.15) is 0 Å². The van der Waals surface area contributed by atoms with Gasteiger partial charge in [0.2, 0.25) is 0 Å². The van der Waals surface area contributed by atoms with Gasteiger partial charge in [0.1, 0.15) is 5.82 Å². The quantitative estimate of drug-likeness (QED) is 0.782. The van der Waals surface area contributed by atoms with Crippen molar-refractivity contribution in [3.63, 3.8) is 0 Å². The summed E-state index contributed by atoms with van der Waals surface area (Å²) in [6.07, 6.45) is 0. The lowest BCUT2D eigenvalue weighted by Crippen LogP contribution is -2.09. The van der Waals surface area contributed by atoms with Gasteiger partial charge in [0, 0.05) is 6.54 Å². The Morgan fingerprint density at radius 3 is 2.74 bits per heavy atom. The van der Waals surface area contributed by atoms with Crippen LogP contribution in [-0.4, -0.2) is 16.1 Å². The second-order valence-electron chi connectivity index (χ2n) is 4.22. The van der Waals surface area contributed by atoms with Crippen LogP contribution in [0.1, 0.15) is 21.6 Å². The number of hydrogen-bond acceptors (Lipinski definition) is 4. The number of rotatable bonds is 4. The van der Waals surface area contributed by atoms with E-state index in [1.54, 1.807) is 0 Å². The Bertz CT molecular complexity index is 611. The number of nitrogens with zero attached hydrogens (tertiary/aromatic N) is 1. The predicted octanol–water partition coefficient (Wildman–Crippen LogP) is 2.28. The molecule has 2 rings (SSSR count). The van der Waals surface area contributed by atoms with E-state index in [0.717, 1.165) is 11.1 Å².